The Morgan fingerprint density at radius 1 is 0.970 bits per heavy atom. The third-order valence-corrected chi connectivity index (χ3v) is 6.25. The van der Waals surface area contributed by atoms with Crippen LogP contribution in [0.25, 0.3) is 11.0 Å². The lowest BCUT2D eigenvalue weighted by atomic mass is 9.86. The van der Waals surface area contributed by atoms with Crippen molar-refractivity contribution < 1.29 is 13.6 Å². The van der Waals surface area contributed by atoms with Gasteiger partial charge in [-0.15, -0.1) is 0 Å². The van der Waals surface area contributed by atoms with Gasteiger partial charge in [0.15, 0.2) is 5.43 Å². The van der Waals surface area contributed by atoms with E-state index < -0.39 is 23.2 Å². The molecule has 0 bridgehead atoms. The average molecular weight is 462 g/mol. The van der Waals surface area contributed by atoms with Crippen LogP contribution in [-0.4, -0.2) is 5.91 Å². The Bertz CT molecular complexity index is 1470. The minimum Gasteiger partial charge on any atom is -0.450 e. The summed E-state index contributed by atoms with van der Waals surface area (Å²) in [6.07, 6.45) is 0. The average Bonchev–Trinajstić information content (AvgIpc) is 3.06. The number of nitrogens with zero attached hydrogens (tertiary/aromatic N) is 1. The van der Waals surface area contributed by atoms with Gasteiger partial charge in [0.05, 0.1) is 17.0 Å². The number of fused-ring (bicyclic) bond motifs is 2. The van der Waals surface area contributed by atoms with Crippen LogP contribution in [0.4, 0.5) is 10.1 Å². The van der Waals surface area contributed by atoms with E-state index in [0.717, 1.165) is 17.2 Å². The molecule has 0 radical (unpaired) electrons. The maximum absolute atomic E-state index is 13.9. The molecule has 0 saturated carbocycles. The predicted molar refractivity (Wildman–Crippen MR) is 128 cm³/mol. The number of anilines is 1. The molecule has 0 aliphatic carbocycles. The summed E-state index contributed by atoms with van der Waals surface area (Å²) in [5.74, 6) is -1.03. The van der Waals surface area contributed by atoms with Gasteiger partial charge in [0.25, 0.3) is 5.91 Å². The van der Waals surface area contributed by atoms with Crippen LogP contribution in [-0.2, 0) is 5.41 Å². The molecule has 0 fully saturated rings. The summed E-state index contributed by atoms with van der Waals surface area (Å²) < 4.78 is 19.8. The SMILES string of the molecule is CC(C)(C)c1ccc(C2c3c(oc4ccc(F)cc4c3=O)C(=O)N2c2cccc(Cl)c2)cc1. The third-order valence-electron chi connectivity index (χ3n) is 6.01. The number of benzene rings is 3. The molecule has 2 heterocycles. The molecule has 1 unspecified atom stereocenters. The van der Waals surface area contributed by atoms with E-state index in [-0.39, 0.29) is 27.7 Å². The van der Waals surface area contributed by atoms with Crippen molar-refractivity contribution >= 4 is 34.2 Å². The van der Waals surface area contributed by atoms with Crippen LogP contribution in [0, 0.1) is 5.82 Å². The van der Waals surface area contributed by atoms with E-state index in [2.05, 4.69) is 20.8 Å². The number of rotatable bonds is 2. The van der Waals surface area contributed by atoms with Crippen molar-refractivity contribution in [2.75, 3.05) is 4.90 Å². The Morgan fingerprint density at radius 3 is 2.36 bits per heavy atom. The minimum atomic E-state index is -0.732. The van der Waals surface area contributed by atoms with Gasteiger partial charge in [-0.05, 0) is 52.9 Å². The fourth-order valence-corrected chi connectivity index (χ4v) is 4.50. The molecule has 0 N–H and O–H groups in total. The molecule has 0 spiro atoms. The summed E-state index contributed by atoms with van der Waals surface area (Å²) in [6, 6.07) is 17.7. The molecule has 1 aliphatic rings. The van der Waals surface area contributed by atoms with Gasteiger partial charge in [-0.25, -0.2) is 4.39 Å². The molecule has 1 aromatic heterocycles. The molecular weight excluding hydrogens is 441 g/mol. The number of hydrogen-bond donors (Lipinski definition) is 0. The second kappa shape index (κ2) is 7.56. The first-order valence-electron chi connectivity index (χ1n) is 10.6. The molecule has 4 nitrogen and oxygen atoms in total. The smallest absolute Gasteiger partial charge is 0.295 e. The summed E-state index contributed by atoms with van der Waals surface area (Å²) >= 11 is 6.22. The normalized spacial score (nSPS) is 15.8. The second-order valence-electron chi connectivity index (χ2n) is 9.24. The van der Waals surface area contributed by atoms with Crippen LogP contribution in [0.3, 0.4) is 0 Å². The van der Waals surface area contributed by atoms with E-state index >= 15 is 0 Å². The van der Waals surface area contributed by atoms with Crippen LogP contribution >= 0.6 is 11.6 Å². The Morgan fingerprint density at radius 2 is 1.70 bits per heavy atom. The van der Waals surface area contributed by atoms with Crippen molar-refractivity contribution in [2.45, 2.75) is 32.2 Å². The Kier molecular flexibility index (Phi) is 4.91. The molecule has 1 aliphatic heterocycles. The Hall–Kier alpha value is -3.44. The van der Waals surface area contributed by atoms with Crippen molar-refractivity contribution in [3.05, 3.63) is 110 Å². The van der Waals surface area contributed by atoms with Gasteiger partial charge < -0.3 is 4.42 Å². The highest BCUT2D eigenvalue weighted by Crippen LogP contribution is 2.42. The summed E-state index contributed by atoms with van der Waals surface area (Å²) in [5, 5.41) is 0.565. The van der Waals surface area contributed by atoms with Gasteiger partial charge >= 0.3 is 0 Å². The molecule has 1 atom stereocenters. The first-order valence-corrected chi connectivity index (χ1v) is 11.0. The van der Waals surface area contributed by atoms with Gasteiger partial charge in [0, 0.05) is 10.7 Å². The lowest BCUT2D eigenvalue weighted by molar-refractivity contribution is 0.0971. The van der Waals surface area contributed by atoms with Gasteiger partial charge in [-0.2, -0.15) is 0 Å². The van der Waals surface area contributed by atoms with Crippen LogP contribution < -0.4 is 10.3 Å². The molecule has 166 valence electrons. The number of amides is 1. The van der Waals surface area contributed by atoms with Crippen molar-refractivity contribution in [3.63, 3.8) is 0 Å². The topological polar surface area (TPSA) is 50.5 Å². The molecule has 3 aromatic carbocycles. The van der Waals surface area contributed by atoms with E-state index in [4.69, 9.17) is 16.0 Å². The third kappa shape index (κ3) is 3.53. The zero-order valence-corrected chi connectivity index (χ0v) is 19.1. The maximum Gasteiger partial charge on any atom is 0.295 e. The van der Waals surface area contributed by atoms with Crippen LogP contribution in [0.1, 0.15) is 54.1 Å². The van der Waals surface area contributed by atoms with Crippen molar-refractivity contribution in [1.82, 2.24) is 0 Å². The molecule has 5 rings (SSSR count). The maximum atomic E-state index is 13.9. The lowest BCUT2D eigenvalue weighted by Gasteiger charge is -2.26. The molecule has 4 aromatic rings. The fraction of sp³-hybridized carbons (Fsp3) is 0.185. The summed E-state index contributed by atoms with van der Waals surface area (Å²) in [7, 11) is 0. The zero-order valence-electron chi connectivity index (χ0n) is 18.4. The van der Waals surface area contributed by atoms with Crippen LogP contribution in [0.5, 0.6) is 0 Å². The molecule has 0 saturated heterocycles. The highest BCUT2D eigenvalue weighted by Gasteiger charge is 2.43. The Balaban J connectivity index is 1.78. The van der Waals surface area contributed by atoms with E-state index in [1.807, 2.05) is 24.3 Å². The molecule has 1 amide bonds. The summed E-state index contributed by atoms with van der Waals surface area (Å²) in [4.78, 5) is 28.6. The van der Waals surface area contributed by atoms with E-state index in [0.29, 0.717) is 10.7 Å². The van der Waals surface area contributed by atoms with Crippen LogP contribution in [0.15, 0.2) is 75.9 Å². The minimum absolute atomic E-state index is 0.0380. The van der Waals surface area contributed by atoms with Crippen LogP contribution in [0.2, 0.25) is 5.02 Å². The van der Waals surface area contributed by atoms with Crippen molar-refractivity contribution in [3.8, 4) is 0 Å². The standard InChI is InChI=1S/C27H21ClFNO3/c1-27(2,3)16-9-7-15(8-10-16)23-22-24(31)20-14-18(29)11-12-21(20)33-25(22)26(32)30(23)19-6-4-5-17(28)13-19/h4-14,23H,1-3H3. The summed E-state index contributed by atoms with van der Waals surface area (Å²) in [5.41, 5.74) is 2.30. The predicted octanol–water partition coefficient (Wildman–Crippen LogP) is 6.63. The number of carbonyl (C=O) groups is 1. The van der Waals surface area contributed by atoms with Gasteiger partial charge in [0.2, 0.25) is 5.76 Å². The van der Waals surface area contributed by atoms with Gasteiger partial charge in [0.1, 0.15) is 11.4 Å². The number of hydrogen-bond acceptors (Lipinski definition) is 3. The van der Waals surface area contributed by atoms with Crippen molar-refractivity contribution in [1.29, 1.82) is 0 Å². The first kappa shape index (κ1) is 21.4. The quantitative estimate of drug-likeness (QED) is 0.336. The second-order valence-corrected chi connectivity index (χ2v) is 9.68. The summed E-state index contributed by atoms with van der Waals surface area (Å²) in [6.45, 7) is 6.35. The largest absolute Gasteiger partial charge is 0.450 e. The highest BCUT2D eigenvalue weighted by molar-refractivity contribution is 6.31. The van der Waals surface area contributed by atoms with E-state index in [1.165, 1.54) is 17.0 Å². The molecule has 33 heavy (non-hydrogen) atoms. The fourth-order valence-electron chi connectivity index (χ4n) is 4.32. The Labute approximate surface area is 195 Å². The van der Waals surface area contributed by atoms with Crippen molar-refractivity contribution in [2.24, 2.45) is 0 Å². The zero-order chi connectivity index (χ0) is 23.5. The molecule has 6 heteroatoms. The number of carbonyl (C=O) groups excluding carboxylic acids is 1. The van der Waals surface area contributed by atoms with E-state index in [1.54, 1.807) is 24.3 Å². The first-order chi connectivity index (χ1) is 15.6. The van der Waals surface area contributed by atoms with Gasteiger partial charge in [-0.1, -0.05) is 62.7 Å². The number of halogens is 2. The van der Waals surface area contributed by atoms with Gasteiger partial charge in [-0.3, -0.25) is 14.5 Å². The lowest BCUT2D eigenvalue weighted by Crippen LogP contribution is -2.29. The highest BCUT2D eigenvalue weighted by atomic mass is 35.5. The van der Waals surface area contributed by atoms with E-state index in [9.17, 15) is 14.0 Å². The monoisotopic (exact) mass is 461 g/mol. The molecular formula is C27H21ClFNO3.